The molecule has 3 aromatic heterocycles. The third-order valence-corrected chi connectivity index (χ3v) is 6.46. The number of fused-ring (bicyclic) bond motifs is 1. The van der Waals surface area contributed by atoms with Gasteiger partial charge in [0.05, 0.1) is 11.8 Å². The van der Waals surface area contributed by atoms with Gasteiger partial charge in [0, 0.05) is 41.9 Å². The van der Waals surface area contributed by atoms with Gasteiger partial charge in [-0.05, 0) is 66.7 Å². The molecule has 33 heavy (non-hydrogen) atoms. The molecule has 9 nitrogen and oxygen atoms in total. The number of carbonyl (C=O) groups excluding carboxylic acids is 1. The zero-order chi connectivity index (χ0) is 23.3. The number of nitriles is 1. The molecule has 5 rings (SSSR count). The molecule has 3 heterocycles. The first-order valence-electron chi connectivity index (χ1n) is 10.8. The van der Waals surface area contributed by atoms with Gasteiger partial charge in [0.2, 0.25) is 5.91 Å². The van der Waals surface area contributed by atoms with Crippen molar-refractivity contribution >= 4 is 34.4 Å². The first-order chi connectivity index (χ1) is 15.9. The SMILES string of the molecule is Cc1ccncc1-c1nc(N)c2cnc(N(C(=O)O)C(=O)C3CC3CC#N)cc2c1C1CC1. The predicted octanol–water partition coefficient (Wildman–Crippen LogP) is 4.02. The lowest BCUT2D eigenvalue weighted by Gasteiger charge is -2.19. The van der Waals surface area contributed by atoms with Crippen molar-refractivity contribution in [3.05, 3.63) is 41.9 Å². The number of aromatic nitrogens is 3. The van der Waals surface area contributed by atoms with E-state index in [1.54, 1.807) is 18.5 Å². The van der Waals surface area contributed by atoms with Gasteiger partial charge >= 0.3 is 6.09 Å². The van der Waals surface area contributed by atoms with Crippen molar-refractivity contribution < 1.29 is 14.7 Å². The van der Waals surface area contributed by atoms with Crippen molar-refractivity contribution in [1.82, 2.24) is 15.0 Å². The number of hydrogen-bond donors (Lipinski definition) is 2. The molecule has 3 N–H and O–H groups in total. The van der Waals surface area contributed by atoms with E-state index in [1.807, 2.05) is 19.1 Å². The molecule has 0 radical (unpaired) electrons. The van der Waals surface area contributed by atoms with Crippen LogP contribution in [0.5, 0.6) is 0 Å². The van der Waals surface area contributed by atoms with Gasteiger partial charge in [-0.15, -0.1) is 0 Å². The van der Waals surface area contributed by atoms with Crippen molar-refractivity contribution in [2.24, 2.45) is 11.8 Å². The maximum Gasteiger partial charge on any atom is 0.420 e. The maximum absolute atomic E-state index is 13.0. The van der Waals surface area contributed by atoms with Gasteiger partial charge in [-0.1, -0.05) is 0 Å². The molecule has 0 bridgehead atoms. The summed E-state index contributed by atoms with van der Waals surface area (Å²) in [5, 5.41) is 20.1. The highest BCUT2D eigenvalue weighted by Gasteiger charge is 2.47. The molecule has 0 aliphatic heterocycles. The summed E-state index contributed by atoms with van der Waals surface area (Å²) < 4.78 is 0. The minimum absolute atomic E-state index is 0.0315. The first kappa shape index (κ1) is 20.8. The smallest absolute Gasteiger partial charge is 0.420 e. The van der Waals surface area contributed by atoms with Crippen LogP contribution in [0, 0.1) is 30.1 Å². The maximum atomic E-state index is 13.0. The molecular weight excluding hydrogens is 420 g/mol. The number of aryl methyl sites for hydroxylation is 1. The average molecular weight is 442 g/mol. The van der Waals surface area contributed by atoms with E-state index in [2.05, 4.69) is 15.0 Å². The van der Waals surface area contributed by atoms with Crippen LogP contribution in [0.2, 0.25) is 0 Å². The zero-order valence-electron chi connectivity index (χ0n) is 18.0. The number of nitrogens with two attached hydrogens (primary N) is 1. The van der Waals surface area contributed by atoms with Gasteiger partial charge in [-0.3, -0.25) is 9.78 Å². The number of pyridine rings is 3. The summed E-state index contributed by atoms with van der Waals surface area (Å²) in [7, 11) is 0. The van der Waals surface area contributed by atoms with Gasteiger partial charge in [-0.2, -0.15) is 10.2 Å². The molecule has 0 aromatic carbocycles. The van der Waals surface area contributed by atoms with E-state index in [0.29, 0.717) is 16.7 Å². The number of anilines is 2. The topological polar surface area (TPSA) is 146 Å². The Morgan fingerprint density at radius 3 is 2.76 bits per heavy atom. The lowest BCUT2D eigenvalue weighted by Crippen LogP contribution is -2.38. The Morgan fingerprint density at radius 1 is 1.30 bits per heavy atom. The van der Waals surface area contributed by atoms with Crippen LogP contribution in [0.1, 0.15) is 42.7 Å². The number of rotatable bonds is 5. The van der Waals surface area contributed by atoms with Crippen LogP contribution in [0.15, 0.2) is 30.7 Å². The van der Waals surface area contributed by atoms with E-state index in [4.69, 9.17) is 11.0 Å². The Hall–Kier alpha value is -4.06. The molecular formula is C24H22N6O3. The second-order valence-electron chi connectivity index (χ2n) is 8.73. The molecule has 2 amide bonds. The summed E-state index contributed by atoms with van der Waals surface area (Å²) in [5.41, 5.74) is 9.88. The summed E-state index contributed by atoms with van der Waals surface area (Å²) >= 11 is 0. The summed E-state index contributed by atoms with van der Waals surface area (Å²) in [6.07, 6.45) is 6.29. The van der Waals surface area contributed by atoms with Crippen LogP contribution in [-0.2, 0) is 4.79 Å². The number of carbonyl (C=O) groups is 2. The Bertz CT molecular complexity index is 1340. The second-order valence-corrected chi connectivity index (χ2v) is 8.73. The molecule has 2 aliphatic carbocycles. The molecule has 2 unspecified atom stereocenters. The van der Waals surface area contributed by atoms with E-state index in [1.165, 1.54) is 6.20 Å². The summed E-state index contributed by atoms with van der Waals surface area (Å²) in [6, 6.07) is 5.58. The van der Waals surface area contributed by atoms with Crippen molar-refractivity contribution in [1.29, 1.82) is 5.26 Å². The summed E-state index contributed by atoms with van der Waals surface area (Å²) in [5.74, 6) is -0.542. The third kappa shape index (κ3) is 3.63. The molecule has 166 valence electrons. The number of hydrogen-bond acceptors (Lipinski definition) is 7. The standard InChI is InChI=1S/C24H22N6O3/c1-12-5-7-27-10-17(12)21-20(13-2-3-13)16-9-19(28-11-18(16)22(26)29-21)30(24(32)33)23(31)15-8-14(15)4-6-25/h5,7,9-11,13-15H,2-4,8H2,1H3,(H2,26,29)(H,32,33). The molecule has 2 aliphatic rings. The van der Waals surface area contributed by atoms with Gasteiger partial charge < -0.3 is 10.8 Å². The summed E-state index contributed by atoms with van der Waals surface area (Å²) in [4.78, 5) is 38.9. The molecule has 2 atom stereocenters. The van der Waals surface area contributed by atoms with Gasteiger partial charge in [-0.25, -0.2) is 14.8 Å². The Kier molecular flexibility index (Phi) is 4.93. The fourth-order valence-corrected chi connectivity index (χ4v) is 4.43. The van der Waals surface area contributed by atoms with Crippen molar-refractivity contribution in [3.8, 4) is 17.3 Å². The minimum Gasteiger partial charge on any atom is -0.464 e. The Balaban J connectivity index is 1.66. The minimum atomic E-state index is -1.40. The molecule has 0 spiro atoms. The highest BCUT2D eigenvalue weighted by molar-refractivity contribution is 6.13. The fraction of sp³-hybridized carbons (Fsp3) is 0.333. The Morgan fingerprint density at radius 2 is 2.09 bits per heavy atom. The number of imide groups is 1. The third-order valence-electron chi connectivity index (χ3n) is 6.46. The molecule has 0 saturated heterocycles. The van der Waals surface area contributed by atoms with Crippen LogP contribution < -0.4 is 10.6 Å². The van der Waals surface area contributed by atoms with E-state index in [0.717, 1.165) is 40.6 Å². The Labute approximate surface area is 189 Å². The average Bonchev–Trinajstić information content (AvgIpc) is 3.70. The van der Waals surface area contributed by atoms with Crippen LogP contribution in [0.25, 0.3) is 22.0 Å². The van der Waals surface area contributed by atoms with Gasteiger partial charge in [0.25, 0.3) is 0 Å². The second kappa shape index (κ2) is 7.81. The van der Waals surface area contributed by atoms with Crippen LogP contribution in [-0.4, -0.2) is 32.1 Å². The predicted molar refractivity (Wildman–Crippen MR) is 121 cm³/mol. The molecule has 9 heteroatoms. The molecule has 2 fully saturated rings. The monoisotopic (exact) mass is 442 g/mol. The van der Waals surface area contributed by atoms with Crippen molar-refractivity contribution in [3.63, 3.8) is 0 Å². The number of nitrogen functional groups attached to an aromatic ring is 1. The van der Waals surface area contributed by atoms with Gasteiger partial charge in [0.1, 0.15) is 11.6 Å². The summed E-state index contributed by atoms with van der Waals surface area (Å²) in [6.45, 7) is 1.98. The number of carboxylic acid groups (broad SMARTS) is 1. The number of amides is 2. The quantitative estimate of drug-likeness (QED) is 0.602. The zero-order valence-corrected chi connectivity index (χ0v) is 18.0. The van der Waals surface area contributed by atoms with E-state index >= 15 is 0 Å². The molecule has 2 saturated carbocycles. The highest BCUT2D eigenvalue weighted by Crippen LogP contribution is 2.49. The van der Waals surface area contributed by atoms with Crippen molar-refractivity contribution in [2.75, 3.05) is 10.6 Å². The first-order valence-corrected chi connectivity index (χ1v) is 10.8. The van der Waals surface area contributed by atoms with E-state index < -0.39 is 17.9 Å². The van der Waals surface area contributed by atoms with Crippen LogP contribution in [0.3, 0.4) is 0 Å². The van der Waals surface area contributed by atoms with E-state index in [-0.39, 0.29) is 29.9 Å². The fourth-order valence-electron chi connectivity index (χ4n) is 4.43. The largest absolute Gasteiger partial charge is 0.464 e. The highest BCUT2D eigenvalue weighted by atomic mass is 16.4. The van der Waals surface area contributed by atoms with Crippen molar-refractivity contribution in [2.45, 2.75) is 38.5 Å². The van der Waals surface area contributed by atoms with Gasteiger partial charge in [0.15, 0.2) is 0 Å². The molecule has 3 aromatic rings. The lowest BCUT2D eigenvalue weighted by molar-refractivity contribution is -0.119. The number of nitrogens with zero attached hydrogens (tertiary/aromatic N) is 5. The van der Waals surface area contributed by atoms with Crippen LogP contribution in [0.4, 0.5) is 16.4 Å². The van der Waals surface area contributed by atoms with E-state index in [9.17, 15) is 14.7 Å². The van der Waals surface area contributed by atoms with Crippen LogP contribution >= 0.6 is 0 Å². The lowest BCUT2D eigenvalue weighted by atomic mass is 9.95. The normalized spacial score (nSPS) is 19.2.